The summed E-state index contributed by atoms with van der Waals surface area (Å²) >= 11 is 0. The van der Waals surface area contributed by atoms with Crippen LogP contribution in [0.2, 0.25) is 0 Å². The van der Waals surface area contributed by atoms with E-state index in [1.54, 1.807) is 30.6 Å². The number of benzene rings is 1. The Bertz CT molecular complexity index is 650. The molecular weight excluding hydrogens is 254 g/mol. The standard InChI is InChI=1S/C16H13NO3/c18-14(13-4-2-8-17-10-13)5-1-3-12-6-7-15-16(9-12)20-11-19-15/h1-2,4-10H,3,11H2. The fraction of sp³-hybridized carbons (Fsp3) is 0.125. The van der Waals surface area contributed by atoms with Crippen molar-refractivity contribution >= 4 is 5.78 Å². The number of nitrogens with zero attached hydrogens (tertiary/aromatic N) is 1. The molecule has 4 heteroatoms. The maximum atomic E-state index is 11.9. The molecule has 0 amide bonds. The van der Waals surface area contributed by atoms with Crippen molar-refractivity contribution in [1.29, 1.82) is 0 Å². The number of pyridine rings is 1. The molecule has 0 saturated heterocycles. The molecule has 2 aromatic rings. The molecular formula is C16H13NO3. The molecule has 20 heavy (non-hydrogen) atoms. The van der Waals surface area contributed by atoms with Crippen LogP contribution in [-0.2, 0) is 6.42 Å². The molecule has 0 radical (unpaired) electrons. The second-order valence-corrected chi connectivity index (χ2v) is 4.40. The lowest BCUT2D eigenvalue weighted by Gasteiger charge is -1.99. The predicted molar refractivity (Wildman–Crippen MR) is 74.0 cm³/mol. The van der Waals surface area contributed by atoms with Crippen LogP contribution in [0.25, 0.3) is 0 Å². The van der Waals surface area contributed by atoms with Crippen molar-refractivity contribution in [3.63, 3.8) is 0 Å². The molecule has 1 aliphatic rings. The number of fused-ring (bicyclic) bond motifs is 1. The topological polar surface area (TPSA) is 48.4 Å². The van der Waals surface area contributed by atoms with Crippen LogP contribution in [0.4, 0.5) is 0 Å². The van der Waals surface area contributed by atoms with Crippen molar-refractivity contribution in [2.24, 2.45) is 0 Å². The van der Waals surface area contributed by atoms with E-state index in [1.165, 1.54) is 0 Å². The van der Waals surface area contributed by atoms with Crippen LogP contribution in [-0.4, -0.2) is 17.6 Å². The molecule has 1 aromatic carbocycles. The van der Waals surface area contributed by atoms with Crippen molar-refractivity contribution in [2.75, 3.05) is 6.79 Å². The minimum absolute atomic E-state index is 0.0427. The summed E-state index contributed by atoms with van der Waals surface area (Å²) in [4.78, 5) is 15.8. The van der Waals surface area contributed by atoms with Gasteiger partial charge in [0.05, 0.1) is 0 Å². The second kappa shape index (κ2) is 5.57. The summed E-state index contributed by atoms with van der Waals surface area (Å²) in [5.41, 5.74) is 1.67. The van der Waals surface area contributed by atoms with Crippen molar-refractivity contribution in [2.45, 2.75) is 6.42 Å². The largest absolute Gasteiger partial charge is 0.454 e. The number of ether oxygens (including phenoxy) is 2. The number of allylic oxidation sites excluding steroid dienone is 2. The Morgan fingerprint density at radius 1 is 1.25 bits per heavy atom. The lowest BCUT2D eigenvalue weighted by Crippen LogP contribution is -1.94. The van der Waals surface area contributed by atoms with Crippen LogP contribution in [0.1, 0.15) is 15.9 Å². The first kappa shape index (κ1) is 12.4. The van der Waals surface area contributed by atoms with E-state index in [2.05, 4.69) is 4.98 Å². The lowest BCUT2D eigenvalue weighted by molar-refractivity contribution is 0.104. The Labute approximate surface area is 116 Å². The third-order valence-corrected chi connectivity index (χ3v) is 3.01. The van der Waals surface area contributed by atoms with Crippen LogP contribution >= 0.6 is 0 Å². The Balaban J connectivity index is 1.65. The first-order valence-electron chi connectivity index (χ1n) is 6.32. The van der Waals surface area contributed by atoms with Gasteiger partial charge in [0, 0.05) is 18.0 Å². The summed E-state index contributed by atoms with van der Waals surface area (Å²) in [6.07, 6.45) is 7.29. The number of carbonyl (C=O) groups is 1. The van der Waals surface area contributed by atoms with E-state index >= 15 is 0 Å². The zero-order valence-electron chi connectivity index (χ0n) is 10.8. The van der Waals surface area contributed by atoms with Crippen molar-refractivity contribution in [3.8, 4) is 11.5 Å². The van der Waals surface area contributed by atoms with Gasteiger partial charge in [0.15, 0.2) is 17.3 Å². The molecule has 100 valence electrons. The third kappa shape index (κ3) is 2.69. The SMILES string of the molecule is O=C(C=CCc1ccc2c(c1)OCO2)c1cccnc1. The van der Waals surface area contributed by atoms with Gasteiger partial charge in [-0.2, -0.15) is 0 Å². The molecule has 0 fully saturated rings. The highest BCUT2D eigenvalue weighted by molar-refractivity contribution is 6.04. The molecule has 2 heterocycles. The first-order chi connectivity index (χ1) is 9.83. The molecule has 0 N–H and O–H groups in total. The van der Waals surface area contributed by atoms with E-state index in [4.69, 9.17) is 9.47 Å². The van der Waals surface area contributed by atoms with Crippen LogP contribution in [0.15, 0.2) is 54.9 Å². The highest BCUT2D eigenvalue weighted by Gasteiger charge is 2.12. The molecule has 1 aromatic heterocycles. The number of rotatable bonds is 4. The molecule has 4 nitrogen and oxygen atoms in total. The van der Waals surface area contributed by atoms with Gasteiger partial charge < -0.3 is 9.47 Å². The van der Waals surface area contributed by atoms with Gasteiger partial charge in [-0.25, -0.2) is 0 Å². The average Bonchev–Trinajstić information content (AvgIpc) is 2.95. The Morgan fingerprint density at radius 3 is 3.00 bits per heavy atom. The normalized spacial score (nSPS) is 12.8. The van der Waals surface area contributed by atoms with Gasteiger partial charge >= 0.3 is 0 Å². The Morgan fingerprint density at radius 2 is 2.15 bits per heavy atom. The summed E-state index contributed by atoms with van der Waals surface area (Å²) < 4.78 is 10.6. The van der Waals surface area contributed by atoms with Crippen LogP contribution in [0.5, 0.6) is 11.5 Å². The highest BCUT2D eigenvalue weighted by atomic mass is 16.7. The van der Waals surface area contributed by atoms with Gasteiger partial charge in [0.25, 0.3) is 0 Å². The molecule has 0 unspecified atom stereocenters. The highest BCUT2D eigenvalue weighted by Crippen LogP contribution is 2.32. The smallest absolute Gasteiger partial charge is 0.231 e. The monoisotopic (exact) mass is 267 g/mol. The van der Waals surface area contributed by atoms with Gasteiger partial charge in [-0.15, -0.1) is 0 Å². The molecule has 0 atom stereocenters. The van der Waals surface area contributed by atoms with Crippen LogP contribution in [0.3, 0.4) is 0 Å². The molecule has 0 spiro atoms. The Kier molecular flexibility index (Phi) is 3.46. The third-order valence-electron chi connectivity index (χ3n) is 3.01. The van der Waals surface area contributed by atoms with Gasteiger partial charge in [0.2, 0.25) is 6.79 Å². The van der Waals surface area contributed by atoms with Gasteiger partial charge in [-0.05, 0) is 42.3 Å². The minimum atomic E-state index is -0.0427. The van der Waals surface area contributed by atoms with Crippen molar-refractivity contribution in [3.05, 3.63) is 66.0 Å². The van der Waals surface area contributed by atoms with Crippen LogP contribution < -0.4 is 9.47 Å². The van der Waals surface area contributed by atoms with Crippen LogP contribution in [0, 0.1) is 0 Å². The summed E-state index contributed by atoms with van der Waals surface area (Å²) in [5.74, 6) is 1.48. The lowest BCUT2D eigenvalue weighted by atomic mass is 10.1. The molecule has 0 aliphatic carbocycles. The number of ketones is 1. The summed E-state index contributed by atoms with van der Waals surface area (Å²) in [6, 6.07) is 9.28. The summed E-state index contributed by atoms with van der Waals surface area (Å²) in [6.45, 7) is 0.272. The van der Waals surface area contributed by atoms with E-state index in [0.29, 0.717) is 12.0 Å². The minimum Gasteiger partial charge on any atom is -0.454 e. The zero-order valence-corrected chi connectivity index (χ0v) is 10.8. The quantitative estimate of drug-likeness (QED) is 0.631. The summed E-state index contributed by atoms with van der Waals surface area (Å²) in [5, 5.41) is 0. The zero-order chi connectivity index (χ0) is 13.8. The second-order valence-electron chi connectivity index (χ2n) is 4.40. The molecule has 0 bridgehead atoms. The van der Waals surface area contributed by atoms with Gasteiger partial charge in [-0.3, -0.25) is 9.78 Å². The fourth-order valence-electron chi connectivity index (χ4n) is 1.97. The van der Waals surface area contributed by atoms with Gasteiger partial charge in [0.1, 0.15) is 0 Å². The fourth-order valence-corrected chi connectivity index (χ4v) is 1.97. The first-order valence-corrected chi connectivity index (χ1v) is 6.32. The van der Waals surface area contributed by atoms with Crippen molar-refractivity contribution in [1.82, 2.24) is 4.98 Å². The van der Waals surface area contributed by atoms with E-state index in [-0.39, 0.29) is 12.6 Å². The Hall–Kier alpha value is -2.62. The van der Waals surface area contributed by atoms with E-state index < -0.39 is 0 Å². The number of aromatic nitrogens is 1. The van der Waals surface area contributed by atoms with Crippen molar-refractivity contribution < 1.29 is 14.3 Å². The summed E-state index contributed by atoms with van der Waals surface area (Å²) in [7, 11) is 0. The molecule has 3 rings (SSSR count). The number of hydrogen-bond donors (Lipinski definition) is 0. The van der Waals surface area contributed by atoms with Gasteiger partial charge in [-0.1, -0.05) is 12.1 Å². The maximum absolute atomic E-state index is 11.9. The average molecular weight is 267 g/mol. The van der Waals surface area contributed by atoms with E-state index in [1.807, 2.05) is 24.3 Å². The molecule has 0 saturated carbocycles. The number of hydrogen-bond acceptors (Lipinski definition) is 4. The number of carbonyl (C=O) groups excluding carboxylic acids is 1. The predicted octanol–water partition coefficient (Wildman–Crippen LogP) is 2.79. The molecule has 1 aliphatic heterocycles. The maximum Gasteiger partial charge on any atom is 0.231 e. The van der Waals surface area contributed by atoms with E-state index in [9.17, 15) is 4.79 Å². The van der Waals surface area contributed by atoms with E-state index in [0.717, 1.165) is 17.1 Å².